The number of amides is 1. The zero-order valence-corrected chi connectivity index (χ0v) is 10.6. The van der Waals surface area contributed by atoms with E-state index in [1.165, 1.54) is 11.3 Å². The van der Waals surface area contributed by atoms with Crippen LogP contribution in [0.4, 0.5) is 0 Å². The lowest BCUT2D eigenvalue weighted by Crippen LogP contribution is -2.42. The van der Waals surface area contributed by atoms with Crippen molar-refractivity contribution < 1.29 is 19.4 Å². The summed E-state index contributed by atoms with van der Waals surface area (Å²) >= 11 is 1.31. The van der Waals surface area contributed by atoms with Crippen LogP contribution >= 0.6 is 11.3 Å². The number of carboxylic acid groups (broad SMARTS) is 1. The van der Waals surface area contributed by atoms with Gasteiger partial charge in [0.2, 0.25) is 5.91 Å². The highest BCUT2D eigenvalue weighted by molar-refractivity contribution is 7.10. The highest BCUT2D eigenvalue weighted by Crippen LogP contribution is 2.20. The zero-order chi connectivity index (χ0) is 13.0. The molecule has 2 N–H and O–H groups in total. The molecule has 0 aliphatic carbocycles. The predicted molar refractivity (Wildman–Crippen MR) is 66.4 cm³/mol. The number of carbonyl (C=O) groups excluding carboxylic acids is 1. The molecule has 1 aromatic rings. The van der Waals surface area contributed by atoms with Crippen molar-refractivity contribution >= 4 is 23.2 Å². The molecule has 2 unspecified atom stereocenters. The highest BCUT2D eigenvalue weighted by Gasteiger charge is 2.28. The number of thiophene rings is 1. The van der Waals surface area contributed by atoms with Crippen molar-refractivity contribution in [3.05, 3.63) is 22.4 Å². The maximum absolute atomic E-state index is 11.9. The SMILES string of the molecule is O=C(NC(C(=O)O)c1cccs1)C1CCCCO1. The van der Waals surface area contributed by atoms with Crippen LogP contribution in [0.25, 0.3) is 0 Å². The summed E-state index contributed by atoms with van der Waals surface area (Å²) in [5.41, 5.74) is 0. The van der Waals surface area contributed by atoms with Crippen LogP contribution in [-0.4, -0.2) is 29.7 Å². The summed E-state index contributed by atoms with van der Waals surface area (Å²) in [7, 11) is 0. The lowest BCUT2D eigenvalue weighted by atomic mass is 10.1. The second kappa shape index (κ2) is 5.97. The second-order valence-corrected chi connectivity index (χ2v) is 5.13. The molecule has 18 heavy (non-hydrogen) atoms. The maximum Gasteiger partial charge on any atom is 0.331 e. The zero-order valence-electron chi connectivity index (χ0n) is 9.80. The van der Waals surface area contributed by atoms with Crippen LogP contribution in [0.3, 0.4) is 0 Å². The summed E-state index contributed by atoms with van der Waals surface area (Å²) in [6.07, 6.45) is 2.04. The monoisotopic (exact) mass is 269 g/mol. The number of aliphatic carboxylic acids is 1. The molecule has 1 aliphatic heterocycles. The molecule has 0 bridgehead atoms. The summed E-state index contributed by atoms with van der Waals surface area (Å²) in [6.45, 7) is 0.564. The molecule has 0 spiro atoms. The Hall–Kier alpha value is -1.40. The van der Waals surface area contributed by atoms with Crippen LogP contribution in [0.1, 0.15) is 30.2 Å². The predicted octanol–water partition coefficient (Wildman–Crippen LogP) is 1.56. The molecule has 1 saturated heterocycles. The van der Waals surface area contributed by atoms with Gasteiger partial charge in [-0.2, -0.15) is 0 Å². The summed E-state index contributed by atoms with van der Waals surface area (Å²) in [5, 5.41) is 13.5. The lowest BCUT2D eigenvalue weighted by Gasteiger charge is -2.23. The van der Waals surface area contributed by atoms with Crippen LogP contribution in [-0.2, 0) is 14.3 Å². The third-order valence-corrected chi connectivity index (χ3v) is 3.77. The maximum atomic E-state index is 11.9. The normalized spacial score (nSPS) is 21.2. The van der Waals surface area contributed by atoms with E-state index in [-0.39, 0.29) is 5.91 Å². The summed E-state index contributed by atoms with van der Waals surface area (Å²) in [4.78, 5) is 23.7. The molecule has 1 aliphatic rings. The summed E-state index contributed by atoms with van der Waals surface area (Å²) < 4.78 is 5.34. The van der Waals surface area contributed by atoms with Gasteiger partial charge < -0.3 is 15.2 Å². The van der Waals surface area contributed by atoms with Gasteiger partial charge in [0.1, 0.15) is 6.10 Å². The first-order chi connectivity index (χ1) is 8.68. The first-order valence-electron chi connectivity index (χ1n) is 5.86. The number of carboxylic acids is 1. The quantitative estimate of drug-likeness (QED) is 0.869. The Morgan fingerprint density at radius 3 is 2.89 bits per heavy atom. The number of carbonyl (C=O) groups is 2. The third kappa shape index (κ3) is 3.08. The number of rotatable bonds is 4. The van der Waals surface area contributed by atoms with Gasteiger partial charge in [-0.1, -0.05) is 6.07 Å². The Bertz CT molecular complexity index is 412. The van der Waals surface area contributed by atoms with Gasteiger partial charge in [0.15, 0.2) is 6.04 Å². The van der Waals surface area contributed by atoms with Crippen LogP contribution in [0.15, 0.2) is 17.5 Å². The van der Waals surface area contributed by atoms with Crippen molar-refractivity contribution in [2.45, 2.75) is 31.4 Å². The second-order valence-electron chi connectivity index (χ2n) is 4.15. The number of hydrogen-bond acceptors (Lipinski definition) is 4. The summed E-state index contributed by atoms with van der Waals surface area (Å²) in [6, 6.07) is 2.48. The van der Waals surface area contributed by atoms with E-state index in [1.54, 1.807) is 17.5 Å². The number of nitrogens with one attached hydrogen (secondary N) is 1. The van der Waals surface area contributed by atoms with E-state index in [0.29, 0.717) is 17.9 Å². The van der Waals surface area contributed by atoms with Gasteiger partial charge in [0.05, 0.1) is 0 Å². The van der Waals surface area contributed by atoms with Crippen LogP contribution < -0.4 is 5.32 Å². The molecule has 2 atom stereocenters. The molecular weight excluding hydrogens is 254 g/mol. The fraction of sp³-hybridized carbons (Fsp3) is 0.500. The van der Waals surface area contributed by atoms with Crippen molar-refractivity contribution in [1.82, 2.24) is 5.32 Å². The van der Waals surface area contributed by atoms with E-state index < -0.39 is 18.1 Å². The molecule has 5 nitrogen and oxygen atoms in total. The van der Waals surface area contributed by atoms with E-state index in [1.807, 2.05) is 0 Å². The van der Waals surface area contributed by atoms with E-state index in [9.17, 15) is 9.59 Å². The van der Waals surface area contributed by atoms with Gasteiger partial charge in [-0.05, 0) is 30.7 Å². The smallest absolute Gasteiger partial charge is 0.331 e. The molecule has 0 saturated carbocycles. The molecule has 2 rings (SSSR count). The molecule has 98 valence electrons. The topological polar surface area (TPSA) is 75.6 Å². The largest absolute Gasteiger partial charge is 0.479 e. The summed E-state index contributed by atoms with van der Waals surface area (Å²) in [5.74, 6) is -1.39. The fourth-order valence-electron chi connectivity index (χ4n) is 1.89. The minimum absolute atomic E-state index is 0.337. The van der Waals surface area contributed by atoms with Gasteiger partial charge >= 0.3 is 5.97 Å². The molecule has 2 heterocycles. The number of ether oxygens (including phenoxy) is 1. The van der Waals surface area contributed by atoms with Gasteiger partial charge in [0, 0.05) is 11.5 Å². The van der Waals surface area contributed by atoms with Gasteiger partial charge in [-0.25, -0.2) is 4.79 Å². The Morgan fingerprint density at radius 1 is 1.50 bits per heavy atom. The Balaban J connectivity index is 2.00. The highest BCUT2D eigenvalue weighted by atomic mass is 32.1. The van der Waals surface area contributed by atoms with Crippen LogP contribution in [0.2, 0.25) is 0 Å². The molecule has 6 heteroatoms. The van der Waals surface area contributed by atoms with E-state index in [0.717, 1.165) is 12.8 Å². The molecule has 0 aromatic carbocycles. The molecule has 0 radical (unpaired) electrons. The molecular formula is C12H15NO4S. The van der Waals surface area contributed by atoms with Gasteiger partial charge in [-0.3, -0.25) is 4.79 Å². The van der Waals surface area contributed by atoms with Crippen molar-refractivity contribution in [2.24, 2.45) is 0 Å². The van der Waals surface area contributed by atoms with Crippen molar-refractivity contribution in [2.75, 3.05) is 6.61 Å². The van der Waals surface area contributed by atoms with Gasteiger partial charge in [0.25, 0.3) is 0 Å². The minimum atomic E-state index is -1.05. The van der Waals surface area contributed by atoms with Crippen molar-refractivity contribution in [1.29, 1.82) is 0 Å². The Labute approximate surface area is 109 Å². The number of hydrogen-bond donors (Lipinski definition) is 2. The van der Waals surface area contributed by atoms with E-state index in [4.69, 9.17) is 9.84 Å². The van der Waals surface area contributed by atoms with Crippen molar-refractivity contribution in [3.8, 4) is 0 Å². The minimum Gasteiger partial charge on any atom is -0.479 e. The van der Waals surface area contributed by atoms with Crippen LogP contribution in [0.5, 0.6) is 0 Å². The third-order valence-electron chi connectivity index (χ3n) is 2.83. The first kappa shape index (κ1) is 13.0. The van der Waals surface area contributed by atoms with E-state index >= 15 is 0 Å². The average Bonchev–Trinajstić information content (AvgIpc) is 2.90. The van der Waals surface area contributed by atoms with E-state index in [2.05, 4.69) is 5.32 Å². The lowest BCUT2D eigenvalue weighted by molar-refractivity contribution is -0.145. The first-order valence-corrected chi connectivity index (χ1v) is 6.74. The molecule has 1 amide bonds. The van der Waals surface area contributed by atoms with Crippen molar-refractivity contribution in [3.63, 3.8) is 0 Å². The Kier molecular flexibility index (Phi) is 4.33. The van der Waals surface area contributed by atoms with Gasteiger partial charge in [-0.15, -0.1) is 11.3 Å². The standard InChI is InChI=1S/C12H15NO4S/c14-11(8-4-1-2-6-17-8)13-10(12(15)16)9-5-3-7-18-9/h3,5,7-8,10H,1-2,4,6H2,(H,13,14)(H,15,16). The Morgan fingerprint density at radius 2 is 2.33 bits per heavy atom. The molecule has 1 fully saturated rings. The van der Waals surface area contributed by atoms with Crippen LogP contribution in [0, 0.1) is 0 Å². The average molecular weight is 269 g/mol. The molecule has 1 aromatic heterocycles. The fourth-order valence-corrected chi connectivity index (χ4v) is 2.66.